The molecule has 0 unspecified atom stereocenters. The fourth-order valence-electron chi connectivity index (χ4n) is 2.17. The van der Waals surface area contributed by atoms with Crippen molar-refractivity contribution in [2.24, 2.45) is 0 Å². The molecule has 0 fully saturated rings. The summed E-state index contributed by atoms with van der Waals surface area (Å²) in [5.41, 5.74) is 2.92. The number of hydrogen-bond donors (Lipinski definition) is 1. The molecule has 5 heteroatoms. The summed E-state index contributed by atoms with van der Waals surface area (Å²) < 4.78 is 7.24. The molecule has 2 heterocycles. The molecule has 0 saturated carbocycles. The van der Waals surface area contributed by atoms with Gasteiger partial charge in [-0.1, -0.05) is 18.2 Å². The lowest BCUT2D eigenvalue weighted by Gasteiger charge is -2.07. The number of amides is 1. The molecule has 0 saturated heterocycles. The molecule has 0 atom stereocenters. The van der Waals surface area contributed by atoms with Gasteiger partial charge in [0.15, 0.2) is 6.61 Å². The van der Waals surface area contributed by atoms with Gasteiger partial charge in [-0.3, -0.25) is 4.79 Å². The number of fused-ring (bicyclic) bond motifs is 1. The molecule has 0 bridgehead atoms. The maximum Gasteiger partial charge on any atom is 0.258 e. The van der Waals surface area contributed by atoms with E-state index in [0.717, 1.165) is 16.8 Å². The van der Waals surface area contributed by atoms with Crippen molar-refractivity contribution in [1.29, 1.82) is 0 Å². The summed E-state index contributed by atoms with van der Waals surface area (Å²) in [6, 6.07) is 15.4. The summed E-state index contributed by atoms with van der Waals surface area (Å²) in [7, 11) is 0. The number of carbonyl (C=O) groups excluding carboxylic acids is 1. The van der Waals surface area contributed by atoms with E-state index in [0.29, 0.717) is 12.3 Å². The molecule has 0 radical (unpaired) electrons. The van der Waals surface area contributed by atoms with Crippen LogP contribution in [0.15, 0.2) is 54.7 Å². The van der Waals surface area contributed by atoms with Crippen LogP contribution in [0.4, 0.5) is 0 Å². The number of benzene rings is 1. The standard InChI is InChI=1S/C17H17N3O2/c1-13-5-4-7-16(9-13)22-12-17(21)18-11-14-10-15-6-2-3-8-20(15)19-14/h2-10H,11-12H2,1H3,(H,18,21). The SMILES string of the molecule is Cc1cccc(OCC(=O)NCc2cc3ccccn3n2)c1. The number of carbonyl (C=O) groups is 1. The first-order valence-corrected chi connectivity index (χ1v) is 7.10. The Labute approximate surface area is 128 Å². The highest BCUT2D eigenvalue weighted by molar-refractivity contribution is 5.77. The topological polar surface area (TPSA) is 55.6 Å². The Kier molecular flexibility index (Phi) is 4.05. The van der Waals surface area contributed by atoms with Gasteiger partial charge in [-0.15, -0.1) is 0 Å². The monoisotopic (exact) mass is 295 g/mol. The lowest BCUT2D eigenvalue weighted by molar-refractivity contribution is -0.123. The summed E-state index contributed by atoms with van der Waals surface area (Å²) in [5.74, 6) is 0.529. The Morgan fingerprint density at radius 3 is 2.95 bits per heavy atom. The van der Waals surface area contributed by atoms with Crippen LogP contribution >= 0.6 is 0 Å². The molecule has 112 valence electrons. The lowest BCUT2D eigenvalue weighted by Crippen LogP contribution is -2.28. The van der Waals surface area contributed by atoms with Crippen molar-refractivity contribution >= 4 is 11.4 Å². The van der Waals surface area contributed by atoms with E-state index in [1.54, 1.807) is 4.52 Å². The average Bonchev–Trinajstić information content (AvgIpc) is 2.94. The summed E-state index contributed by atoms with van der Waals surface area (Å²) in [6.45, 7) is 2.37. The van der Waals surface area contributed by atoms with Gasteiger partial charge in [0.1, 0.15) is 5.75 Å². The minimum Gasteiger partial charge on any atom is -0.484 e. The van der Waals surface area contributed by atoms with Crippen LogP contribution < -0.4 is 10.1 Å². The van der Waals surface area contributed by atoms with Crippen LogP contribution in [0.2, 0.25) is 0 Å². The van der Waals surface area contributed by atoms with E-state index in [9.17, 15) is 4.79 Å². The number of pyridine rings is 1. The lowest BCUT2D eigenvalue weighted by atomic mass is 10.2. The number of hydrogen-bond acceptors (Lipinski definition) is 3. The van der Waals surface area contributed by atoms with E-state index >= 15 is 0 Å². The zero-order valence-corrected chi connectivity index (χ0v) is 12.3. The second-order valence-corrected chi connectivity index (χ2v) is 5.09. The molecule has 2 aromatic heterocycles. The quantitative estimate of drug-likeness (QED) is 0.786. The van der Waals surface area contributed by atoms with Crippen LogP contribution in [0.1, 0.15) is 11.3 Å². The van der Waals surface area contributed by atoms with E-state index in [1.807, 2.05) is 61.7 Å². The summed E-state index contributed by atoms with van der Waals surface area (Å²) >= 11 is 0. The van der Waals surface area contributed by atoms with Crippen molar-refractivity contribution < 1.29 is 9.53 Å². The fourth-order valence-corrected chi connectivity index (χ4v) is 2.17. The van der Waals surface area contributed by atoms with Gasteiger partial charge in [0.25, 0.3) is 5.91 Å². The summed E-state index contributed by atoms with van der Waals surface area (Å²) in [5, 5.41) is 7.18. The third-order valence-electron chi connectivity index (χ3n) is 3.25. The average molecular weight is 295 g/mol. The van der Waals surface area contributed by atoms with Gasteiger partial charge in [-0.05, 0) is 42.8 Å². The van der Waals surface area contributed by atoms with Crippen LogP contribution in [0, 0.1) is 6.92 Å². The molecule has 1 amide bonds. The Morgan fingerprint density at radius 2 is 2.14 bits per heavy atom. The highest BCUT2D eigenvalue weighted by Gasteiger charge is 2.05. The molecule has 3 aromatic rings. The highest BCUT2D eigenvalue weighted by Crippen LogP contribution is 2.12. The summed E-state index contributed by atoms with van der Waals surface area (Å²) in [6.07, 6.45) is 1.88. The number of aromatic nitrogens is 2. The second-order valence-electron chi connectivity index (χ2n) is 5.09. The predicted molar refractivity (Wildman–Crippen MR) is 83.7 cm³/mol. The van der Waals surface area contributed by atoms with Gasteiger partial charge >= 0.3 is 0 Å². The minimum atomic E-state index is -0.168. The van der Waals surface area contributed by atoms with Crippen molar-refractivity contribution in [2.75, 3.05) is 6.61 Å². The van der Waals surface area contributed by atoms with Crippen molar-refractivity contribution in [3.8, 4) is 5.75 Å². The predicted octanol–water partition coefficient (Wildman–Crippen LogP) is 2.34. The molecule has 3 rings (SSSR count). The molecule has 0 spiro atoms. The second kappa shape index (κ2) is 6.30. The number of aryl methyl sites for hydroxylation is 1. The van der Waals surface area contributed by atoms with Gasteiger partial charge in [0.05, 0.1) is 17.8 Å². The Hall–Kier alpha value is -2.82. The maximum absolute atomic E-state index is 11.8. The van der Waals surface area contributed by atoms with Crippen molar-refractivity contribution in [3.63, 3.8) is 0 Å². The molecule has 22 heavy (non-hydrogen) atoms. The van der Waals surface area contributed by atoms with E-state index in [2.05, 4.69) is 10.4 Å². The molecular formula is C17H17N3O2. The van der Waals surface area contributed by atoms with Crippen molar-refractivity contribution in [1.82, 2.24) is 14.9 Å². The maximum atomic E-state index is 11.8. The summed E-state index contributed by atoms with van der Waals surface area (Å²) in [4.78, 5) is 11.8. The van der Waals surface area contributed by atoms with Crippen molar-refractivity contribution in [2.45, 2.75) is 13.5 Å². The Bertz CT molecular complexity index is 762. The molecule has 0 aliphatic rings. The third kappa shape index (κ3) is 3.44. The molecule has 1 N–H and O–H groups in total. The fraction of sp³-hybridized carbons (Fsp3) is 0.176. The van der Waals surface area contributed by atoms with E-state index in [4.69, 9.17) is 4.74 Å². The van der Waals surface area contributed by atoms with Crippen LogP contribution in [-0.4, -0.2) is 22.1 Å². The molecular weight excluding hydrogens is 278 g/mol. The molecule has 0 aliphatic carbocycles. The first kappa shape index (κ1) is 14.1. The first-order chi connectivity index (χ1) is 10.7. The number of nitrogens with one attached hydrogen (secondary N) is 1. The Balaban J connectivity index is 1.51. The number of ether oxygens (including phenoxy) is 1. The molecule has 1 aromatic carbocycles. The zero-order chi connectivity index (χ0) is 15.4. The smallest absolute Gasteiger partial charge is 0.258 e. The minimum absolute atomic E-state index is 0.00315. The number of nitrogens with zero attached hydrogens (tertiary/aromatic N) is 2. The third-order valence-corrected chi connectivity index (χ3v) is 3.25. The van der Waals surface area contributed by atoms with Gasteiger partial charge in [0.2, 0.25) is 0 Å². The van der Waals surface area contributed by atoms with Crippen LogP contribution in [0.3, 0.4) is 0 Å². The van der Waals surface area contributed by atoms with Gasteiger partial charge in [0, 0.05) is 6.20 Å². The molecule has 0 aliphatic heterocycles. The van der Waals surface area contributed by atoms with Crippen LogP contribution in [0.5, 0.6) is 5.75 Å². The van der Waals surface area contributed by atoms with Gasteiger partial charge < -0.3 is 10.1 Å². The molecule has 5 nitrogen and oxygen atoms in total. The van der Waals surface area contributed by atoms with Crippen LogP contribution in [-0.2, 0) is 11.3 Å². The zero-order valence-electron chi connectivity index (χ0n) is 12.3. The van der Waals surface area contributed by atoms with E-state index in [-0.39, 0.29) is 12.5 Å². The number of rotatable bonds is 5. The highest BCUT2D eigenvalue weighted by atomic mass is 16.5. The van der Waals surface area contributed by atoms with Crippen LogP contribution in [0.25, 0.3) is 5.52 Å². The van der Waals surface area contributed by atoms with Gasteiger partial charge in [-0.25, -0.2) is 4.52 Å². The Morgan fingerprint density at radius 1 is 1.23 bits per heavy atom. The van der Waals surface area contributed by atoms with Crippen molar-refractivity contribution in [3.05, 3.63) is 66.0 Å². The van der Waals surface area contributed by atoms with Gasteiger partial charge in [-0.2, -0.15) is 5.10 Å². The van der Waals surface area contributed by atoms with E-state index in [1.165, 1.54) is 0 Å². The first-order valence-electron chi connectivity index (χ1n) is 7.10. The normalized spacial score (nSPS) is 10.6. The largest absolute Gasteiger partial charge is 0.484 e. The van der Waals surface area contributed by atoms with E-state index < -0.39 is 0 Å².